The van der Waals surface area contributed by atoms with Crippen LogP contribution in [0.25, 0.3) is 0 Å². The average Bonchev–Trinajstić information content (AvgIpc) is 1.41. The van der Waals surface area contributed by atoms with Crippen molar-refractivity contribution in [1.82, 2.24) is 0 Å². The summed E-state index contributed by atoms with van der Waals surface area (Å²) in [6, 6.07) is 0. The zero-order chi connectivity index (χ0) is 4.12. The van der Waals surface area contributed by atoms with Crippen LogP contribution in [0.3, 0.4) is 0 Å². The first-order chi connectivity index (χ1) is 2.41. The van der Waals surface area contributed by atoms with Gasteiger partial charge in [-0.3, -0.25) is 0 Å². The van der Waals surface area contributed by atoms with Gasteiger partial charge in [0.15, 0.2) is 0 Å². The third kappa shape index (κ3) is 27.0. The molecule has 0 aliphatic carbocycles. The Morgan fingerprint density at radius 3 is 1.38 bits per heavy atom. The largest absolute Gasteiger partial charge is 2.00 e. The Bertz CT molecular complexity index is 19.9. The molecule has 0 aromatic carbocycles. The second kappa shape index (κ2) is 24.1. The number of halogens is 1. The van der Waals surface area contributed by atoms with Gasteiger partial charge in [-0.25, -0.2) is 0 Å². The fourth-order valence-corrected chi connectivity index (χ4v) is 0.204. The third-order valence-electron chi connectivity index (χ3n) is 0.408. The topological polar surface area (TPSA) is 9.23 Å². The maximum Gasteiger partial charge on any atom is 2.00 e. The quantitative estimate of drug-likeness (QED) is 0.368. The summed E-state index contributed by atoms with van der Waals surface area (Å²) in [6.45, 7) is 5.67. The summed E-state index contributed by atoms with van der Waals surface area (Å²) in [5.74, 6) is 0. The summed E-state index contributed by atoms with van der Waals surface area (Å²) < 4.78 is 4.83. The van der Waals surface area contributed by atoms with Gasteiger partial charge in [-0.05, 0) is 13.8 Å². The molecule has 0 rings (SSSR count). The first kappa shape index (κ1) is 22.9. The minimum Gasteiger partial charge on any atom is -1.00 e. The van der Waals surface area contributed by atoms with E-state index in [0.717, 1.165) is 13.2 Å². The molecule has 0 bridgehead atoms. The molecule has 0 radical (unpaired) electrons. The van der Waals surface area contributed by atoms with Gasteiger partial charge in [0.25, 0.3) is 0 Å². The van der Waals surface area contributed by atoms with Gasteiger partial charge in [-0.15, -0.1) is 0 Å². The Hall–Kier alpha value is 1.21. The summed E-state index contributed by atoms with van der Waals surface area (Å²) in [5, 5.41) is 0. The van der Waals surface area contributed by atoms with Crippen LogP contribution < -0.4 is 17.0 Å². The van der Waals surface area contributed by atoms with E-state index in [4.69, 9.17) is 4.74 Å². The van der Waals surface area contributed by atoms with E-state index in [1.165, 1.54) is 0 Å². The van der Waals surface area contributed by atoms with Crippen LogP contribution in [-0.4, -0.2) is 36.3 Å². The summed E-state index contributed by atoms with van der Waals surface area (Å²) in [6.07, 6.45) is 0. The van der Waals surface area contributed by atoms with Gasteiger partial charge in [0, 0.05) is 13.2 Å². The molecule has 0 unspecified atom stereocenters. The van der Waals surface area contributed by atoms with E-state index in [1.54, 1.807) is 0 Å². The van der Waals surface area contributed by atoms with Crippen LogP contribution in [-0.2, 0) is 4.74 Å². The molecule has 0 spiro atoms. The van der Waals surface area contributed by atoms with Crippen LogP contribution in [0, 0.1) is 7.43 Å². The Balaban J connectivity index is -0.0000000267. The number of hydrogen-bond acceptors (Lipinski definition) is 1. The molecule has 0 saturated heterocycles. The molecule has 0 aliphatic heterocycles. The maximum atomic E-state index is 4.83. The van der Waals surface area contributed by atoms with E-state index in [1.807, 2.05) is 13.8 Å². The van der Waals surface area contributed by atoms with Crippen LogP contribution in [0.15, 0.2) is 0 Å². The molecule has 0 saturated carbocycles. The van der Waals surface area contributed by atoms with Gasteiger partial charge in [0.1, 0.15) is 0 Å². The molecule has 0 fully saturated rings. The summed E-state index contributed by atoms with van der Waals surface area (Å²) in [7, 11) is 0. The van der Waals surface area contributed by atoms with E-state index in [-0.39, 0.29) is 47.5 Å². The Morgan fingerprint density at radius 1 is 1.12 bits per heavy atom. The molecular weight excluding hydrogens is 180 g/mol. The van der Waals surface area contributed by atoms with E-state index in [0.29, 0.717) is 0 Å². The molecule has 0 aromatic rings. The summed E-state index contributed by atoms with van der Waals surface area (Å²) in [5.41, 5.74) is 0. The Morgan fingerprint density at radius 2 is 1.38 bits per heavy atom. The van der Waals surface area contributed by atoms with E-state index < -0.39 is 0 Å². The van der Waals surface area contributed by atoms with Crippen molar-refractivity contribution in [3.05, 3.63) is 7.43 Å². The zero-order valence-electron chi connectivity index (χ0n) is 5.91. The third-order valence-corrected chi connectivity index (χ3v) is 0.408. The van der Waals surface area contributed by atoms with Gasteiger partial charge in [0.2, 0.25) is 0 Å². The molecule has 0 heterocycles. The molecule has 3 heteroatoms. The molecule has 0 N–H and O–H groups in total. The zero-order valence-corrected chi connectivity index (χ0v) is 8.91. The molecular formula is C5H13BrMgO. The van der Waals surface area contributed by atoms with Gasteiger partial charge in [0.05, 0.1) is 0 Å². The monoisotopic (exact) mass is 192 g/mol. The van der Waals surface area contributed by atoms with Gasteiger partial charge >= 0.3 is 23.1 Å². The Labute approximate surface area is 79.1 Å². The molecule has 8 heavy (non-hydrogen) atoms. The van der Waals surface area contributed by atoms with Crippen LogP contribution in [0.5, 0.6) is 0 Å². The van der Waals surface area contributed by atoms with Crippen molar-refractivity contribution in [3.8, 4) is 0 Å². The van der Waals surface area contributed by atoms with Crippen molar-refractivity contribution in [2.45, 2.75) is 13.8 Å². The molecule has 0 atom stereocenters. The minimum atomic E-state index is 0. The standard InChI is InChI=1S/C4H10O.CH3.BrH.Mg/c1-3-5-4-2;;;/h3-4H2,1-2H3;1H3;1H;/q;-1;;+2/p-1. The predicted molar refractivity (Wildman–Crippen MR) is 34.3 cm³/mol. The van der Waals surface area contributed by atoms with E-state index in [2.05, 4.69) is 0 Å². The van der Waals surface area contributed by atoms with Crippen LogP contribution in [0.1, 0.15) is 13.8 Å². The van der Waals surface area contributed by atoms with Gasteiger partial charge in [-0.2, -0.15) is 0 Å². The smallest absolute Gasteiger partial charge is 1.00 e. The Kier molecular flexibility index (Phi) is 68.9. The van der Waals surface area contributed by atoms with Crippen molar-refractivity contribution in [2.24, 2.45) is 0 Å². The van der Waals surface area contributed by atoms with Crippen LogP contribution >= 0.6 is 0 Å². The number of ether oxygens (including phenoxy) is 1. The van der Waals surface area contributed by atoms with Gasteiger partial charge in [-0.1, -0.05) is 0 Å². The van der Waals surface area contributed by atoms with Crippen LogP contribution in [0.4, 0.5) is 0 Å². The van der Waals surface area contributed by atoms with E-state index >= 15 is 0 Å². The second-order valence-electron chi connectivity index (χ2n) is 0.781. The first-order valence-electron chi connectivity index (χ1n) is 1.99. The normalized spacial score (nSPS) is 5.25. The molecule has 0 aliphatic rings. The summed E-state index contributed by atoms with van der Waals surface area (Å²) >= 11 is 0. The van der Waals surface area contributed by atoms with Crippen molar-refractivity contribution in [1.29, 1.82) is 0 Å². The fraction of sp³-hybridized carbons (Fsp3) is 0.800. The second-order valence-corrected chi connectivity index (χ2v) is 0.781. The molecule has 0 amide bonds. The number of rotatable bonds is 2. The fourth-order valence-electron chi connectivity index (χ4n) is 0.204. The molecule has 48 valence electrons. The van der Waals surface area contributed by atoms with Crippen molar-refractivity contribution >= 4 is 23.1 Å². The maximum absolute atomic E-state index is 4.83. The van der Waals surface area contributed by atoms with Crippen molar-refractivity contribution in [2.75, 3.05) is 13.2 Å². The predicted octanol–water partition coefficient (Wildman–Crippen LogP) is -1.88. The van der Waals surface area contributed by atoms with Gasteiger partial charge < -0.3 is 29.1 Å². The van der Waals surface area contributed by atoms with Crippen molar-refractivity contribution < 1.29 is 21.7 Å². The molecule has 0 aromatic heterocycles. The SMILES string of the molecule is CCOCC.[Br-].[CH3-].[Mg+2]. The minimum absolute atomic E-state index is 0. The average molecular weight is 193 g/mol. The summed E-state index contributed by atoms with van der Waals surface area (Å²) in [4.78, 5) is 0. The number of hydrogen-bond donors (Lipinski definition) is 0. The first-order valence-corrected chi connectivity index (χ1v) is 1.99. The van der Waals surface area contributed by atoms with Crippen molar-refractivity contribution in [3.63, 3.8) is 0 Å². The van der Waals surface area contributed by atoms with E-state index in [9.17, 15) is 0 Å². The van der Waals surface area contributed by atoms with Crippen LogP contribution in [0.2, 0.25) is 0 Å². The molecule has 1 nitrogen and oxygen atoms in total.